The van der Waals surface area contributed by atoms with Crippen molar-refractivity contribution in [3.05, 3.63) is 36.1 Å². The first-order chi connectivity index (χ1) is 6.90. The molecule has 0 amide bonds. The lowest BCUT2D eigenvalue weighted by Gasteiger charge is -1.95. The van der Waals surface area contributed by atoms with Crippen molar-refractivity contribution in [1.82, 2.24) is 0 Å². The molecule has 0 fully saturated rings. The zero-order valence-electron chi connectivity index (χ0n) is 8.32. The Morgan fingerprint density at radius 1 is 1.29 bits per heavy atom. The second kappa shape index (κ2) is 4.29. The van der Waals surface area contributed by atoms with Gasteiger partial charge in [0.1, 0.15) is 11.3 Å². The minimum Gasteiger partial charge on any atom is -0.461 e. The summed E-state index contributed by atoms with van der Waals surface area (Å²) in [6, 6.07) is 10.2. The van der Waals surface area contributed by atoms with Gasteiger partial charge in [0, 0.05) is 25.5 Å². The largest absolute Gasteiger partial charge is 0.461 e. The Kier molecular flexibility index (Phi) is 2.84. The van der Waals surface area contributed by atoms with Crippen LogP contribution in [0.5, 0.6) is 0 Å². The molecule has 2 aromatic rings. The molecular weight excluding hydrogens is 176 g/mol. The van der Waals surface area contributed by atoms with E-state index in [2.05, 4.69) is 12.1 Å². The Bertz CT molecular complexity index is 370. The first-order valence-corrected chi connectivity index (χ1v) is 4.86. The molecule has 0 unspecified atom stereocenters. The second-order valence-electron chi connectivity index (χ2n) is 3.35. The number of furan rings is 1. The fourth-order valence-electron chi connectivity index (χ4n) is 1.55. The molecule has 2 heteroatoms. The molecule has 1 heterocycles. The van der Waals surface area contributed by atoms with Gasteiger partial charge in [0.25, 0.3) is 0 Å². The van der Waals surface area contributed by atoms with Crippen molar-refractivity contribution >= 4 is 11.0 Å². The monoisotopic (exact) mass is 190 g/mol. The van der Waals surface area contributed by atoms with E-state index in [9.17, 15) is 0 Å². The third-order valence-electron chi connectivity index (χ3n) is 2.25. The van der Waals surface area contributed by atoms with Crippen molar-refractivity contribution < 1.29 is 9.15 Å². The molecule has 0 aliphatic rings. The van der Waals surface area contributed by atoms with E-state index >= 15 is 0 Å². The molecule has 0 saturated carbocycles. The molecule has 0 aliphatic heterocycles. The molecule has 1 aromatic carbocycles. The number of methoxy groups -OCH3 is 1. The zero-order valence-corrected chi connectivity index (χ0v) is 8.32. The first kappa shape index (κ1) is 9.28. The number of ether oxygens (including phenoxy) is 1. The zero-order chi connectivity index (χ0) is 9.80. The molecule has 74 valence electrons. The Morgan fingerprint density at radius 3 is 2.93 bits per heavy atom. The van der Waals surface area contributed by atoms with Crippen LogP contribution in [-0.2, 0) is 11.2 Å². The van der Waals surface area contributed by atoms with E-state index in [0.29, 0.717) is 0 Å². The molecule has 2 rings (SSSR count). The maximum absolute atomic E-state index is 5.66. The van der Waals surface area contributed by atoms with Gasteiger partial charge >= 0.3 is 0 Å². The van der Waals surface area contributed by atoms with E-state index in [1.807, 2.05) is 18.2 Å². The van der Waals surface area contributed by atoms with Gasteiger partial charge in [0.05, 0.1) is 0 Å². The van der Waals surface area contributed by atoms with Gasteiger partial charge in [-0.2, -0.15) is 0 Å². The van der Waals surface area contributed by atoms with E-state index in [1.165, 1.54) is 5.39 Å². The molecule has 14 heavy (non-hydrogen) atoms. The van der Waals surface area contributed by atoms with Gasteiger partial charge in [-0.15, -0.1) is 0 Å². The highest BCUT2D eigenvalue weighted by Gasteiger charge is 2.01. The lowest BCUT2D eigenvalue weighted by molar-refractivity contribution is 0.193. The molecular formula is C12H14O2. The summed E-state index contributed by atoms with van der Waals surface area (Å²) in [5.74, 6) is 1.04. The van der Waals surface area contributed by atoms with Crippen LogP contribution in [0.25, 0.3) is 11.0 Å². The quantitative estimate of drug-likeness (QED) is 0.691. The third kappa shape index (κ3) is 1.96. The Labute approximate surface area is 83.5 Å². The van der Waals surface area contributed by atoms with Gasteiger partial charge in [-0.1, -0.05) is 18.2 Å². The lowest BCUT2D eigenvalue weighted by Crippen LogP contribution is -1.90. The van der Waals surface area contributed by atoms with E-state index in [-0.39, 0.29) is 0 Å². The average molecular weight is 190 g/mol. The number of hydrogen-bond acceptors (Lipinski definition) is 2. The Morgan fingerprint density at radius 2 is 2.14 bits per heavy atom. The Balaban J connectivity index is 2.11. The van der Waals surface area contributed by atoms with E-state index in [0.717, 1.165) is 30.8 Å². The normalized spacial score (nSPS) is 10.9. The average Bonchev–Trinajstić information content (AvgIpc) is 2.60. The highest BCUT2D eigenvalue weighted by molar-refractivity contribution is 5.77. The summed E-state index contributed by atoms with van der Waals surface area (Å²) in [6.45, 7) is 0.789. The van der Waals surface area contributed by atoms with Crippen LogP contribution in [0, 0.1) is 0 Å². The third-order valence-corrected chi connectivity index (χ3v) is 2.25. The highest BCUT2D eigenvalue weighted by Crippen LogP contribution is 2.19. The van der Waals surface area contributed by atoms with Crippen molar-refractivity contribution in [2.75, 3.05) is 13.7 Å². The lowest BCUT2D eigenvalue weighted by atomic mass is 10.2. The SMILES string of the molecule is COCCCc1cc2ccccc2o1. The summed E-state index contributed by atoms with van der Waals surface area (Å²) >= 11 is 0. The predicted molar refractivity (Wildman–Crippen MR) is 56.4 cm³/mol. The van der Waals surface area contributed by atoms with Crippen LogP contribution in [0.3, 0.4) is 0 Å². The van der Waals surface area contributed by atoms with E-state index < -0.39 is 0 Å². The number of para-hydroxylation sites is 1. The predicted octanol–water partition coefficient (Wildman–Crippen LogP) is 3.01. The first-order valence-electron chi connectivity index (χ1n) is 4.86. The second-order valence-corrected chi connectivity index (χ2v) is 3.35. The fourth-order valence-corrected chi connectivity index (χ4v) is 1.55. The van der Waals surface area contributed by atoms with Crippen molar-refractivity contribution in [3.8, 4) is 0 Å². The van der Waals surface area contributed by atoms with Gasteiger partial charge in [0.2, 0.25) is 0 Å². The van der Waals surface area contributed by atoms with E-state index in [1.54, 1.807) is 7.11 Å². The molecule has 0 saturated heterocycles. The summed E-state index contributed by atoms with van der Waals surface area (Å²) in [4.78, 5) is 0. The summed E-state index contributed by atoms with van der Waals surface area (Å²) in [5.41, 5.74) is 0.972. The van der Waals surface area contributed by atoms with Crippen molar-refractivity contribution in [2.45, 2.75) is 12.8 Å². The molecule has 1 aromatic heterocycles. The van der Waals surface area contributed by atoms with Gasteiger partial charge < -0.3 is 9.15 Å². The van der Waals surface area contributed by atoms with Crippen molar-refractivity contribution in [2.24, 2.45) is 0 Å². The smallest absolute Gasteiger partial charge is 0.134 e. The number of benzene rings is 1. The minimum absolute atomic E-state index is 0.789. The summed E-state index contributed by atoms with van der Waals surface area (Å²) in [6.07, 6.45) is 1.96. The van der Waals surface area contributed by atoms with Crippen molar-refractivity contribution in [3.63, 3.8) is 0 Å². The maximum atomic E-state index is 5.66. The molecule has 0 radical (unpaired) electrons. The minimum atomic E-state index is 0.789. The van der Waals surface area contributed by atoms with Crippen molar-refractivity contribution in [1.29, 1.82) is 0 Å². The number of fused-ring (bicyclic) bond motifs is 1. The molecule has 0 N–H and O–H groups in total. The van der Waals surface area contributed by atoms with Crippen LogP contribution in [-0.4, -0.2) is 13.7 Å². The number of rotatable bonds is 4. The van der Waals surface area contributed by atoms with Gasteiger partial charge in [-0.25, -0.2) is 0 Å². The number of aryl methyl sites for hydroxylation is 1. The van der Waals surface area contributed by atoms with E-state index in [4.69, 9.17) is 9.15 Å². The van der Waals surface area contributed by atoms with Crippen LogP contribution in [0.1, 0.15) is 12.2 Å². The summed E-state index contributed by atoms with van der Waals surface area (Å²) in [5, 5.41) is 1.18. The van der Waals surface area contributed by atoms with Crippen LogP contribution < -0.4 is 0 Å². The maximum Gasteiger partial charge on any atom is 0.134 e. The van der Waals surface area contributed by atoms with Gasteiger partial charge in [0.15, 0.2) is 0 Å². The Hall–Kier alpha value is -1.28. The van der Waals surface area contributed by atoms with Crippen LogP contribution >= 0.6 is 0 Å². The standard InChI is InChI=1S/C12H14O2/c1-13-8-4-6-11-9-10-5-2-3-7-12(10)14-11/h2-3,5,7,9H,4,6,8H2,1H3. The fraction of sp³-hybridized carbons (Fsp3) is 0.333. The number of hydrogen-bond donors (Lipinski definition) is 0. The molecule has 0 atom stereocenters. The van der Waals surface area contributed by atoms with Gasteiger partial charge in [-0.3, -0.25) is 0 Å². The molecule has 0 aliphatic carbocycles. The van der Waals surface area contributed by atoms with Crippen LogP contribution in [0.2, 0.25) is 0 Å². The molecule has 2 nitrogen and oxygen atoms in total. The van der Waals surface area contributed by atoms with Crippen LogP contribution in [0.15, 0.2) is 34.7 Å². The molecule has 0 spiro atoms. The van der Waals surface area contributed by atoms with Crippen LogP contribution in [0.4, 0.5) is 0 Å². The summed E-state index contributed by atoms with van der Waals surface area (Å²) < 4.78 is 10.7. The van der Waals surface area contributed by atoms with Gasteiger partial charge in [-0.05, 0) is 18.6 Å². The summed E-state index contributed by atoms with van der Waals surface area (Å²) in [7, 11) is 1.72. The molecule has 0 bridgehead atoms. The highest BCUT2D eigenvalue weighted by atomic mass is 16.5. The topological polar surface area (TPSA) is 22.4 Å².